The highest BCUT2D eigenvalue weighted by Gasteiger charge is 2.31. The molecule has 1 aliphatic rings. The fourth-order valence-corrected chi connectivity index (χ4v) is 4.90. The molecule has 1 aliphatic heterocycles. The van der Waals surface area contributed by atoms with Gasteiger partial charge in [0.25, 0.3) is 0 Å². The Morgan fingerprint density at radius 2 is 1.73 bits per heavy atom. The third kappa shape index (κ3) is 12.9. The van der Waals surface area contributed by atoms with Gasteiger partial charge in [0.2, 0.25) is 0 Å². The molecule has 10 atom stereocenters. The highest BCUT2D eigenvalue weighted by Crippen LogP contribution is 2.28. The largest absolute Gasteiger partial charge is 0.458 e. The molecule has 0 aliphatic carbocycles. The zero-order valence-corrected chi connectivity index (χ0v) is 23.3. The molecule has 210 valence electrons. The molecule has 0 saturated carbocycles. The number of aliphatic hydroxyl groups excluding tert-OH is 4. The summed E-state index contributed by atoms with van der Waals surface area (Å²) in [4.78, 5) is 12.5. The molecule has 0 spiro atoms. The molecule has 6 nitrogen and oxygen atoms in total. The molecule has 0 fully saturated rings. The first-order valence-electron chi connectivity index (χ1n) is 13.7. The first kappa shape index (κ1) is 33.0. The fraction of sp³-hybridized carbons (Fsp3) is 0.645. The summed E-state index contributed by atoms with van der Waals surface area (Å²) in [5, 5.41) is 42.2. The highest BCUT2D eigenvalue weighted by molar-refractivity contribution is 5.82. The molecule has 0 bridgehead atoms. The maximum atomic E-state index is 12.5. The first-order chi connectivity index (χ1) is 17.5. The Morgan fingerprint density at radius 3 is 2.41 bits per heavy atom. The number of carbonyl (C=O) groups is 1. The normalized spacial score (nSPS) is 39.5. The van der Waals surface area contributed by atoms with Crippen molar-refractivity contribution in [3.05, 3.63) is 61.3 Å². The van der Waals surface area contributed by atoms with Crippen LogP contribution in [0.15, 0.2) is 61.3 Å². The van der Waals surface area contributed by atoms with Crippen molar-refractivity contribution in [2.45, 2.75) is 97.2 Å². The van der Waals surface area contributed by atoms with Gasteiger partial charge < -0.3 is 25.2 Å². The number of rotatable bonds is 3. The second kappa shape index (κ2) is 17.5. The Hall–Kier alpha value is -1.99. The van der Waals surface area contributed by atoms with Crippen LogP contribution in [0.2, 0.25) is 0 Å². The van der Waals surface area contributed by atoms with Crippen molar-refractivity contribution in [3.63, 3.8) is 0 Å². The predicted octanol–water partition coefficient (Wildman–Crippen LogP) is 4.90. The average molecular weight is 519 g/mol. The summed E-state index contributed by atoms with van der Waals surface area (Å²) < 4.78 is 5.78. The number of esters is 1. The zero-order valence-electron chi connectivity index (χ0n) is 23.3. The summed E-state index contributed by atoms with van der Waals surface area (Å²) in [6, 6.07) is 0. The van der Waals surface area contributed by atoms with Gasteiger partial charge in [-0.05, 0) is 37.5 Å². The molecule has 1 rings (SSSR count). The molecule has 2 unspecified atom stereocenters. The van der Waals surface area contributed by atoms with Crippen molar-refractivity contribution in [1.82, 2.24) is 0 Å². The molecule has 0 aromatic carbocycles. The lowest BCUT2D eigenvalue weighted by Crippen LogP contribution is -2.37. The van der Waals surface area contributed by atoms with Crippen molar-refractivity contribution in [3.8, 4) is 0 Å². The van der Waals surface area contributed by atoms with Crippen LogP contribution in [0.25, 0.3) is 0 Å². The molecule has 0 aromatic heterocycles. The smallest absolute Gasteiger partial charge is 0.331 e. The molecular weight excluding hydrogens is 468 g/mol. The molecule has 6 heteroatoms. The quantitative estimate of drug-likeness (QED) is 0.241. The summed E-state index contributed by atoms with van der Waals surface area (Å²) in [6.07, 6.45) is 14.5. The number of hydrogen-bond acceptors (Lipinski definition) is 6. The second-order valence-corrected chi connectivity index (χ2v) is 10.9. The van der Waals surface area contributed by atoms with Gasteiger partial charge in [0.1, 0.15) is 6.10 Å². The molecule has 1 heterocycles. The summed E-state index contributed by atoms with van der Waals surface area (Å²) in [6.45, 7) is 13.6. The molecule has 4 N–H and O–H groups in total. The minimum Gasteiger partial charge on any atom is -0.458 e. The van der Waals surface area contributed by atoms with Gasteiger partial charge in [-0.15, -0.1) is 0 Å². The minimum atomic E-state index is -0.812. The van der Waals surface area contributed by atoms with E-state index in [-0.39, 0.29) is 36.0 Å². The fourth-order valence-electron chi connectivity index (χ4n) is 4.90. The molecule has 0 saturated heterocycles. The summed E-state index contributed by atoms with van der Waals surface area (Å²) in [5.41, 5.74) is 0. The monoisotopic (exact) mass is 518 g/mol. The van der Waals surface area contributed by atoms with Gasteiger partial charge in [-0.2, -0.15) is 0 Å². The predicted molar refractivity (Wildman–Crippen MR) is 150 cm³/mol. The van der Waals surface area contributed by atoms with E-state index in [0.29, 0.717) is 12.8 Å². The van der Waals surface area contributed by atoms with Crippen molar-refractivity contribution in [1.29, 1.82) is 0 Å². The number of carbonyl (C=O) groups excluding carboxylic acids is 1. The topological polar surface area (TPSA) is 107 Å². The first-order valence-corrected chi connectivity index (χ1v) is 13.7. The Kier molecular flexibility index (Phi) is 15.6. The summed E-state index contributed by atoms with van der Waals surface area (Å²) >= 11 is 0. The second-order valence-electron chi connectivity index (χ2n) is 10.9. The maximum absolute atomic E-state index is 12.5. The van der Waals surface area contributed by atoms with Gasteiger partial charge in [0.15, 0.2) is 0 Å². The van der Waals surface area contributed by atoms with Crippen LogP contribution in [0.4, 0.5) is 0 Å². The zero-order chi connectivity index (χ0) is 28.0. The number of ether oxygens (including phenoxy) is 1. The summed E-state index contributed by atoms with van der Waals surface area (Å²) in [5.74, 6) is -0.708. The van der Waals surface area contributed by atoms with Gasteiger partial charge in [-0.3, -0.25) is 0 Å². The lowest BCUT2D eigenvalue weighted by molar-refractivity contribution is -0.150. The van der Waals surface area contributed by atoms with Crippen LogP contribution in [0.1, 0.15) is 66.7 Å². The Labute approximate surface area is 224 Å². The van der Waals surface area contributed by atoms with Crippen LogP contribution in [0.3, 0.4) is 0 Å². The van der Waals surface area contributed by atoms with Gasteiger partial charge in [0, 0.05) is 30.3 Å². The number of allylic oxidation sites excluding steroid dienone is 4. The van der Waals surface area contributed by atoms with Crippen LogP contribution in [0.5, 0.6) is 0 Å². The van der Waals surface area contributed by atoms with Crippen LogP contribution >= 0.6 is 0 Å². The van der Waals surface area contributed by atoms with Crippen LogP contribution in [0, 0.1) is 29.6 Å². The van der Waals surface area contributed by atoms with Gasteiger partial charge in [-0.25, -0.2) is 4.79 Å². The lowest BCUT2D eigenvalue weighted by Gasteiger charge is -2.31. The van der Waals surface area contributed by atoms with Crippen molar-refractivity contribution >= 4 is 5.97 Å². The summed E-state index contributed by atoms with van der Waals surface area (Å²) in [7, 11) is 0. The van der Waals surface area contributed by atoms with Crippen LogP contribution in [-0.4, -0.2) is 56.9 Å². The van der Waals surface area contributed by atoms with Gasteiger partial charge in [-0.1, -0.05) is 89.8 Å². The Morgan fingerprint density at radius 1 is 1.03 bits per heavy atom. The van der Waals surface area contributed by atoms with Crippen LogP contribution in [-0.2, 0) is 9.53 Å². The molecule has 0 aromatic rings. The van der Waals surface area contributed by atoms with Crippen molar-refractivity contribution in [2.24, 2.45) is 29.6 Å². The molecule has 0 amide bonds. The lowest BCUT2D eigenvalue weighted by atomic mass is 9.82. The molecule has 0 radical (unpaired) electrons. The Bertz CT molecular complexity index is 785. The maximum Gasteiger partial charge on any atom is 0.331 e. The van der Waals surface area contributed by atoms with Crippen molar-refractivity contribution in [2.75, 3.05) is 0 Å². The van der Waals surface area contributed by atoms with E-state index >= 15 is 0 Å². The van der Waals surface area contributed by atoms with E-state index in [4.69, 9.17) is 4.74 Å². The van der Waals surface area contributed by atoms with E-state index in [1.165, 1.54) is 6.08 Å². The van der Waals surface area contributed by atoms with E-state index in [9.17, 15) is 25.2 Å². The third-order valence-corrected chi connectivity index (χ3v) is 7.34. The average Bonchev–Trinajstić information content (AvgIpc) is 2.85. The van der Waals surface area contributed by atoms with E-state index in [0.717, 1.165) is 12.8 Å². The van der Waals surface area contributed by atoms with Gasteiger partial charge in [0.05, 0.1) is 24.4 Å². The Balaban J connectivity index is 3.10. The SMILES string of the molecule is C=C/C=C\[C@H](C)[C@@H]1OC(=O)/C=C\C=C\C[C@@H](O)C[C@H](O)/C=C\[C@H](C)[C@H](O)[C@@H](C)CC(C)CCC(O)[C@@H]1C. The third-order valence-electron chi connectivity index (χ3n) is 7.34. The van der Waals surface area contributed by atoms with E-state index in [1.54, 1.807) is 30.4 Å². The highest BCUT2D eigenvalue weighted by atomic mass is 16.5. The standard InChI is InChI=1S/C31H50O6/c1-7-8-12-23(4)31-25(6)28(34)18-15-21(2)19-24(5)30(36)22(3)16-17-27(33)20-26(32)13-10-9-11-14-29(35)37-31/h7-12,14,16-17,21-28,30-34,36H,1,13,15,18-20H2,2-6H3/b10-9+,12-8-,14-11-,17-16-/t21?,22-,23-,24-,25-,26+,27+,28?,30-,31-/m0/s1. The van der Waals surface area contributed by atoms with E-state index < -0.39 is 36.5 Å². The molecular formula is C31H50O6. The molecule has 37 heavy (non-hydrogen) atoms. The van der Waals surface area contributed by atoms with Crippen LogP contribution < -0.4 is 0 Å². The number of hydrogen-bond donors (Lipinski definition) is 4. The van der Waals surface area contributed by atoms with E-state index in [1.807, 2.05) is 45.9 Å². The van der Waals surface area contributed by atoms with Crippen molar-refractivity contribution < 1.29 is 30.0 Å². The van der Waals surface area contributed by atoms with Gasteiger partial charge >= 0.3 is 5.97 Å². The minimum absolute atomic E-state index is 0.0412. The van der Waals surface area contributed by atoms with E-state index in [2.05, 4.69) is 13.5 Å². The number of cyclic esters (lactones) is 1. The number of aliphatic hydroxyl groups is 4.